The number of nitrogens with one attached hydrogen (secondary N) is 1. The summed E-state index contributed by atoms with van der Waals surface area (Å²) in [6, 6.07) is 33.4. The van der Waals surface area contributed by atoms with E-state index in [1.807, 2.05) is 43.4 Å². The summed E-state index contributed by atoms with van der Waals surface area (Å²) in [7, 11) is 1.83. The van der Waals surface area contributed by atoms with E-state index in [1.54, 1.807) is 11.8 Å². The van der Waals surface area contributed by atoms with Crippen molar-refractivity contribution in [2.24, 2.45) is 4.99 Å². The van der Waals surface area contributed by atoms with Crippen LogP contribution in [0.1, 0.15) is 47.7 Å². The highest BCUT2D eigenvalue weighted by molar-refractivity contribution is 7.99. The fourth-order valence-corrected chi connectivity index (χ4v) is 5.30. The minimum absolute atomic E-state index is 0.0302. The Bertz CT molecular complexity index is 1410. The molecule has 39 heavy (non-hydrogen) atoms. The summed E-state index contributed by atoms with van der Waals surface area (Å²) < 4.78 is 0. The van der Waals surface area contributed by atoms with Crippen LogP contribution >= 0.6 is 11.8 Å². The molecule has 4 aromatic rings. The molecule has 0 unspecified atom stereocenters. The number of hydrogen-bond acceptors (Lipinski definition) is 3. The smallest absolute Gasteiger partial charge is 0.228 e. The van der Waals surface area contributed by atoms with Crippen LogP contribution in [0.2, 0.25) is 0 Å². The van der Waals surface area contributed by atoms with Gasteiger partial charge in [0.25, 0.3) is 0 Å². The molecular weight excluding hydrogens is 498 g/mol. The summed E-state index contributed by atoms with van der Waals surface area (Å²) in [5.41, 5.74) is 7.50. The highest BCUT2D eigenvalue weighted by Gasteiger charge is 2.23. The number of amidine groups is 1. The third-order valence-corrected chi connectivity index (χ3v) is 7.59. The maximum Gasteiger partial charge on any atom is 0.228 e. The average molecular weight is 536 g/mol. The van der Waals surface area contributed by atoms with E-state index in [2.05, 4.69) is 98.6 Å². The second kappa shape index (κ2) is 13.3. The van der Waals surface area contributed by atoms with Crippen molar-refractivity contribution in [3.05, 3.63) is 125 Å². The van der Waals surface area contributed by atoms with Crippen molar-refractivity contribution >= 4 is 34.9 Å². The quantitative estimate of drug-likeness (QED) is 0.133. The molecule has 0 aliphatic carbocycles. The number of aryl methyl sites for hydroxylation is 2. The van der Waals surface area contributed by atoms with Crippen molar-refractivity contribution in [3.63, 3.8) is 0 Å². The molecule has 200 valence electrons. The molecule has 0 saturated heterocycles. The van der Waals surface area contributed by atoms with Gasteiger partial charge in [-0.1, -0.05) is 61.0 Å². The van der Waals surface area contributed by atoms with Crippen LogP contribution in [0.5, 0.6) is 0 Å². The predicted octanol–water partition coefficient (Wildman–Crippen LogP) is 8.24. The summed E-state index contributed by atoms with van der Waals surface area (Å²) >= 11 is 1.80. The third-order valence-electron chi connectivity index (χ3n) is 6.69. The molecule has 0 aliphatic heterocycles. The highest BCUT2D eigenvalue weighted by atomic mass is 32.2. The Morgan fingerprint density at radius 3 is 2.21 bits per heavy atom. The Kier molecular flexibility index (Phi) is 9.61. The molecule has 0 radical (unpaired) electrons. The van der Waals surface area contributed by atoms with Crippen molar-refractivity contribution < 1.29 is 4.79 Å². The molecule has 0 aliphatic rings. The molecule has 0 heterocycles. The maximum absolute atomic E-state index is 12.7. The van der Waals surface area contributed by atoms with E-state index in [-0.39, 0.29) is 11.9 Å². The molecule has 0 saturated carbocycles. The zero-order valence-corrected chi connectivity index (χ0v) is 24.3. The first-order valence-corrected chi connectivity index (χ1v) is 14.4. The Morgan fingerprint density at radius 1 is 0.897 bits per heavy atom. The number of carbonyl (C=O) groups excluding carboxylic acids is 1. The summed E-state index contributed by atoms with van der Waals surface area (Å²) in [5.74, 6) is 1.88. The lowest BCUT2D eigenvalue weighted by atomic mass is 10.0. The van der Waals surface area contributed by atoms with Gasteiger partial charge in [0.1, 0.15) is 5.84 Å². The summed E-state index contributed by atoms with van der Waals surface area (Å²) in [4.78, 5) is 21.0. The van der Waals surface area contributed by atoms with Crippen molar-refractivity contribution in [2.75, 3.05) is 23.0 Å². The number of aliphatic imine (C=N–C) groups is 1. The molecule has 4 aromatic carbocycles. The van der Waals surface area contributed by atoms with Crippen LogP contribution in [0.25, 0.3) is 0 Å². The molecule has 1 N–H and O–H groups in total. The average Bonchev–Trinajstić information content (AvgIpc) is 2.93. The Morgan fingerprint density at radius 2 is 1.59 bits per heavy atom. The van der Waals surface area contributed by atoms with E-state index in [1.165, 1.54) is 21.6 Å². The third kappa shape index (κ3) is 7.39. The van der Waals surface area contributed by atoms with E-state index < -0.39 is 0 Å². The minimum atomic E-state index is -0.0302. The van der Waals surface area contributed by atoms with Crippen LogP contribution in [-0.2, 0) is 11.2 Å². The van der Waals surface area contributed by atoms with E-state index in [0.29, 0.717) is 6.42 Å². The number of rotatable bonds is 9. The minimum Gasteiger partial charge on any atom is -0.326 e. The van der Waals surface area contributed by atoms with Crippen LogP contribution in [0, 0.1) is 13.8 Å². The lowest BCUT2D eigenvalue weighted by Gasteiger charge is -2.33. The fraction of sp³-hybridized carbons (Fsp3) is 0.235. The van der Waals surface area contributed by atoms with Gasteiger partial charge in [-0.05, 0) is 91.7 Å². The van der Waals surface area contributed by atoms with Crippen molar-refractivity contribution in [3.8, 4) is 0 Å². The molecule has 0 fully saturated rings. The highest BCUT2D eigenvalue weighted by Crippen LogP contribution is 2.30. The Labute approximate surface area is 237 Å². The van der Waals surface area contributed by atoms with E-state index >= 15 is 0 Å². The molecular formula is C34H37N3OS. The number of hydrogen-bond donors (Lipinski definition) is 1. The molecule has 0 bridgehead atoms. The van der Waals surface area contributed by atoms with Crippen LogP contribution in [0.4, 0.5) is 11.4 Å². The summed E-state index contributed by atoms with van der Waals surface area (Å²) in [6.07, 6.45) is 0.343. The summed E-state index contributed by atoms with van der Waals surface area (Å²) in [6.45, 7) is 8.56. The molecule has 5 heteroatoms. The molecule has 4 rings (SSSR count). The number of amides is 1. The van der Waals surface area contributed by atoms with Gasteiger partial charge in [-0.25, -0.2) is 0 Å². The van der Waals surface area contributed by atoms with Gasteiger partial charge in [-0.15, -0.1) is 11.8 Å². The molecule has 1 atom stereocenters. The van der Waals surface area contributed by atoms with Gasteiger partial charge in [0.15, 0.2) is 0 Å². The number of thioether (sulfide) groups is 1. The molecule has 1 amide bonds. The number of anilines is 2. The monoisotopic (exact) mass is 535 g/mol. The van der Waals surface area contributed by atoms with Gasteiger partial charge in [0.2, 0.25) is 5.91 Å². The van der Waals surface area contributed by atoms with Crippen LogP contribution in [0.3, 0.4) is 0 Å². The first-order chi connectivity index (χ1) is 18.9. The molecule has 0 spiro atoms. The zero-order chi connectivity index (χ0) is 27.8. The Balaban J connectivity index is 1.54. The normalized spacial score (nSPS) is 12.2. The van der Waals surface area contributed by atoms with Gasteiger partial charge in [0, 0.05) is 28.9 Å². The lowest BCUT2D eigenvalue weighted by Crippen LogP contribution is -2.34. The van der Waals surface area contributed by atoms with Crippen molar-refractivity contribution in [1.29, 1.82) is 0 Å². The standard InChI is InChI=1S/C34H37N3OS/c1-6-39-32-20-12-27(13-21-32)23-33(38)36-30-18-16-29(17-19-30)34(35-5)37(31-9-7-8-25(3)22-31)26(4)28-14-10-24(2)11-15-28/h7-22,26H,6,23H2,1-5H3,(H,36,38)/b35-34-/t26-/m1/s1. The van der Waals surface area contributed by atoms with E-state index in [4.69, 9.17) is 4.99 Å². The second-order valence-corrected chi connectivity index (χ2v) is 11.1. The van der Waals surface area contributed by atoms with Gasteiger partial charge in [-0.3, -0.25) is 9.79 Å². The lowest BCUT2D eigenvalue weighted by molar-refractivity contribution is -0.115. The van der Waals surface area contributed by atoms with Crippen molar-refractivity contribution in [1.82, 2.24) is 0 Å². The van der Waals surface area contributed by atoms with Crippen LogP contribution in [-0.4, -0.2) is 24.5 Å². The zero-order valence-electron chi connectivity index (χ0n) is 23.4. The predicted molar refractivity (Wildman–Crippen MR) is 167 cm³/mol. The summed E-state index contributed by atoms with van der Waals surface area (Å²) in [5, 5.41) is 3.04. The number of carbonyl (C=O) groups is 1. The SMILES string of the molecule is CCSc1ccc(CC(=O)Nc2ccc(/C(=N/C)N(c3cccc(C)c3)[C@H](C)c3ccc(C)cc3)cc2)cc1. The first kappa shape index (κ1) is 28.2. The van der Waals surface area contributed by atoms with Crippen LogP contribution < -0.4 is 10.2 Å². The largest absolute Gasteiger partial charge is 0.326 e. The van der Waals surface area contributed by atoms with Crippen LogP contribution in [0.15, 0.2) is 107 Å². The van der Waals surface area contributed by atoms with E-state index in [0.717, 1.165) is 34.1 Å². The van der Waals surface area contributed by atoms with E-state index in [9.17, 15) is 4.79 Å². The van der Waals surface area contributed by atoms with Gasteiger partial charge < -0.3 is 10.2 Å². The van der Waals surface area contributed by atoms with Gasteiger partial charge in [0.05, 0.1) is 12.5 Å². The van der Waals surface area contributed by atoms with Gasteiger partial charge >= 0.3 is 0 Å². The molecule has 0 aromatic heterocycles. The Hall–Kier alpha value is -3.83. The topological polar surface area (TPSA) is 44.7 Å². The maximum atomic E-state index is 12.7. The second-order valence-electron chi connectivity index (χ2n) is 9.72. The first-order valence-electron chi connectivity index (χ1n) is 13.4. The number of nitrogens with zero attached hydrogens (tertiary/aromatic N) is 2. The number of benzene rings is 4. The molecule has 4 nitrogen and oxygen atoms in total. The van der Waals surface area contributed by atoms with Gasteiger partial charge in [-0.2, -0.15) is 0 Å². The van der Waals surface area contributed by atoms with Crippen molar-refractivity contribution in [2.45, 2.75) is 45.1 Å². The fourth-order valence-electron chi connectivity index (χ4n) is 4.64.